The molecule has 0 spiro atoms. The number of carbonyl (C=O) groups excluding carboxylic acids is 2. The number of allylic oxidation sites excluding steroid dienone is 2. The maximum absolute atomic E-state index is 11.1. The lowest BCUT2D eigenvalue weighted by atomic mass is 10.2. The molecule has 4 heteroatoms. The Bertz CT molecular complexity index is 228. The second-order valence-corrected chi connectivity index (χ2v) is 4.14. The van der Waals surface area contributed by atoms with Crippen LogP contribution in [0.5, 0.6) is 0 Å². The minimum Gasteiger partial charge on any atom is -0.444 e. The van der Waals surface area contributed by atoms with Crippen molar-refractivity contribution in [2.45, 2.75) is 39.2 Å². The van der Waals surface area contributed by atoms with Crippen LogP contribution >= 0.6 is 0 Å². The van der Waals surface area contributed by atoms with Gasteiger partial charge in [0.25, 0.3) is 0 Å². The van der Waals surface area contributed by atoms with Gasteiger partial charge in [0.15, 0.2) is 0 Å². The van der Waals surface area contributed by atoms with Gasteiger partial charge in [-0.1, -0.05) is 6.08 Å². The minimum atomic E-state index is -0.457. The molecule has 0 aromatic carbocycles. The number of alkyl carbamates (subject to hydrolysis) is 1. The first-order valence-corrected chi connectivity index (χ1v) is 5.03. The highest BCUT2D eigenvalue weighted by molar-refractivity contribution is 5.67. The van der Waals surface area contributed by atoms with Gasteiger partial charge in [-0.15, -0.1) is 0 Å². The van der Waals surface area contributed by atoms with Gasteiger partial charge in [-0.05, 0) is 39.7 Å². The lowest BCUT2D eigenvalue weighted by Crippen LogP contribution is -2.32. The molecular formula is C11H19NO3. The van der Waals surface area contributed by atoms with Crippen LogP contribution in [0.15, 0.2) is 12.2 Å². The van der Waals surface area contributed by atoms with Crippen molar-refractivity contribution in [2.24, 2.45) is 0 Å². The average molecular weight is 213 g/mol. The van der Waals surface area contributed by atoms with E-state index in [9.17, 15) is 9.59 Å². The molecule has 0 atom stereocenters. The van der Waals surface area contributed by atoms with E-state index in [0.29, 0.717) is 6.54 Å². The van der Waals surface area contributed by atoms with E-state index < -0.39 is 11.7 Å². The molecule has 0 aliphatic carbocycles. The van der Waals surface area contributed by atoms with Gasteiger partial charge < -0.3 is 10.1 Å². The van der Waals surface area contributed by atoms with E-state index in [1.54, 1.807) is 6.08 Å². The summed E-state index contributed by atoms with van der Waals surface area (Å²) in [5.41, 5.74) is -0.457. The predicted molar refractivity (Wildman–Crippen MR) is 58.7 cm³/mol. The number of ether oxygens (including phenoxy) is 1. The van der Waals surface area contributed by atoms with Crippen LogP contribution in [0, 0.1) is 0 Å². The lowest BCUT2D eigenvalue weighted by molar-refractivity contribution is -0.104. The molecule has 0 unspecified atom stereocenters. The van der Waals surface area contributed by atoms with Crippen LogP contribution in [0.1, 0.15) is 33.6 Å². The number of rotatable bonds is 5. The topological polar surface area (TPSA) is 55.4 Å². The molecule has 0 fully saturated rings. The molecule has 4 nitrogen and oxygen atoms in total. The van der Waals surface area contributed by atoms with Gasteiger partial charge in [0.2, 0.25) is 0 Å². The molecule has 0 rings (SSSR count). The summed E-state index contributed by atoms with van der Waals surface area (Å²) in [5.74, 6) is 0. The van der Waals surface area contributed by atoms with Gasteiger partial charge in [-0.2, -0.15) is 0 Å². The largest absolute Gasteiger partial charge is 0.444 e. The summed E-state index contributed by atoms with van der Waals surface area (Å²) in [6, 6.07) is 0. The van der Waals surface area contributed by atoms with Crippen molar-refractivity contribution < 1.29 is 14.3 Å². The number of hydrogen-bond donors (Lipinski definition) is 1. The Morgan fingerprint density at radius 3 is 2.60 bits per heavy atom. The van der Waals surface area contributed by atoms with E-state index in [4.69, 9.17) is 4.74 Å². The van der Waals surface area contributed by atoms with Crippen LogP contribution < -0.4 is 5.32 Å². The van der Waals surface area contributed by atoms with E-state index in [1.165, 1.54) is 6.08 Å². The summed E-state index contributed by atoms with van der Waals surface area (Å²) in [7, 11) is 0. The molecule has 86 valence electrons. The number of nitrogens with one attached hydrogen (secondary N) is 1. The first kappa shape index (κ1) is 13.7. The molecule has 0 aromatic rings. The minimum absolute atomic E-state index is 0.401. The highest BCUT2D eigenvalue weighted by atomic mass is 16.6. The van der Waals surface area contributed by atoms with Crippen molar-refractivity contribution in [3.63, 3.8) is 0 Å². The third kappa shape index (κ3) is 10.6. The highest BCUT2D eigenvalue weighted by Gasteiger charge is 2.15. The summed E-state index contributed by atoms with van der Waals surface area (Å²) in [6.45, 7) is 6.01. The monoisotopic (exact) mass is 213 g/mol. The van der Waals surface area contributed by atoms with Crippen LogP contribution in [-0.2, 0) is 9.53 Å². The van der Waals surface area contributed by atoms with E-state index in [0.717, 1.165) is 19.1 Å². The van der Waals surface area contributed by atoms with Crippen LogP contribution in [-0.4, -0.2) is 24.5 Å². The van der Waals surface area contributed by atoms with Crippen molar-refractivity contribution >= 4 is 12.4 Å². The zero-order chi connectivity index (χ0) is 11.7. The third-order valence-corrected chi connectivity index (χ3v) is 1.43. The quantitative estimate of drug-likeness (QED) is 0.432. The molecule has 0 radical (unpaired) electrons. The van der Waals surface area contributed by atoms with Gasteiger partial charge in [-0.3, -0.25) is 4.79 Å². The number of carbonyl (C=O) groups is 2. The summed E-state index contributed by atoms with van der Waals surface area (Å²) in [6.07, 6.45) is 5.12. The molecule has 0 saturated heterocycles. The zero-order valence-electron chi connectivity index (χ0n) is 9.58. The summed E-state index contributed by atoms with van der Waals surface area (Å²) < 4.78 is 5.04. The fourth-order valence-electron chi connectivity index (χ4n) is 0.876. The molecule has 0 aliphatic rings. The summed E-state index contributed by atoms with van der Waals surface area (Å²) in [5, 5.41) is 2.63. The molecule has 0 aliphatic heterocycles. The molecular weight excluding hydrogens is 194 g/mol. The summed E-state index contributed by atoms with van der Waals surface area (Å²) in [4.78, 5) is 21.1. The molecule has 0 heterocycles. The molecule has 1 N–H and O–H groups in total. The molecule has 0 bridgehead atoms. The van der Waals surface area contributed by atoms with Gasteiger partial charge in [0.05, 0.1) is 0 Å². The number of unbranched alkanes of at least 4 members (excludes halogenated alkanes) is 1. The Labute approximate surface area is 90.7 Å². The number of amides is 1. The fourth-order valence-corrected chi connectivity index (χ4v) is 0.876. The van der Waals surface area contributed by atoms with E-state index >= 15 is 0 Å². The first-order valence-electron chi connectivity index (χ1n) is 5.03. The first-order chi connectivity index (χ1) is 6.95. The molecule has 1 amide bonds. The van der Waals surface area contributed by atoms with Crippen molar-refractivity contribution in [3.8, 4) is 0 Å². The number of aldehydes is 1. The lowest BCUT2D eigenvalue weighted by Gasteiger charge is -2.19. The smallest absolute Gasteiger partial charge is 0.407 e. The Hall–Kier alpha value is -1.32. The van der Waals surface area contributed by atoms with Crippen molar-refractivity contribution in [2.75, 3.05) is 6.54 Å². The normalized spacial score (nSPS) is 11.4. The Kier molecular flexibility index (Phi) is 6.42. The number of hydrogen-bond acceptors (Lipinski definition) is 3. The van der Waals surface area contributed by atoms with Crippen molar-refractivity contribution in [1.29, 1.82) is 0 Å². The third-order valence-electron chi connectivity index (χ3n) is 1.43. The second-order valence-electron chi connectivity index (χ2n) is 4.14. The van der Waals surface area contributed by atoms with Crippen LogP contribution in [0.3, 0.4) is 0 Å². The molecule has 0 saturated carbocycles. The van der Waals surface area contributed by atoms with E-state index in [2.05, 4.69) is 5.32 Å². The Balaban J connectivity index is 3.48. The summed E-state index contributed by atoms with van der Waals surface area (Å²) >= 11 is 0. The zero-order valence-corrected chi connectivity index (χ0v) is 9.58. The van der Waals surface area contributed by atoms with Gasteiger partial charge in [0, 0.05) is 6.54 Å². The molecule has 15 heavy (non-hydrogen) atoms. The average Bonchev–Trinajstić information content (AvgIpc) is 2.08. The SMILES string of the molecule is CC(C)(C)OC(=O)NCCCC=CC=O. The fraction of sp³-hybridized carbons (Fsp3) is 0.636. The van der Waals surface area contributed by atoms with E-state index in [1.807, 2.05) is 20.8 Å². The van der Waals surface area contributed by atoms with Gasteiger partial charge >= 0.3 is 6.09 Å². The van der Waals surface area contributed by atoms with Gasteiger partial charge in [-0.25, -0.2) is 4.79 Å². The van der Waals surface area contributed by atoms with Gasteiger partial charge in [0.1, 0.15) is 11.9 Å². The maximum atomic E-state index is 11.1. The Morgan fingerprint density at radius 1 is 1.40 bits per heavy atom. The van der Waals surface area contributed by atoms with Crippen molar-refractivity contribution in [3.05, 3.63) is 12.2 Å². The maximum Gasteiger partial charge on any atom is 0.407 e. The van der Waals surface area contributed by atoms with Crippen LogP contribution in [0.25, 0.3) is 0 Å². The highest BCUT2D eigenvalue weighted by Crippen LogP contribution is 2.06. The van der Waals surface area contributed by atoms with Crippen LogP contribution in [0.4, 0.5) is 4.79 Å². The predicted octanol–water partition coefficient (Wildman–Crippen LogP) is 2.05. The van der Waals surface area contributed by atoms with E-state index in [-0.39, 0.29) is 0 Å². The van der Waals surface area contributed by atoms with Crippen LogP contribution in [0.2, 0.25) is 0 Å². The second kappa shape index (κ2) is 7.04. The molecule has 0 aromatic heterocycles. The standard InChI is InChI=1S/C11H19NO3/c1-11(2,3)15-10(14)12-8-6-4-5-7-9-13/h5,7,9H,4,6,8H2,1-3H3,(H,12,14). The van der Waals surface area contributed by atoms with Crippen molar-refractivity contribution in [1.82, 2.24) is 5.32 Å². The Morgan fingerprint density at radius 2 is 2.07 bits per heavy atom.